The Bertz CT molecular complexity index is 1210. The van der Waals surface area contributed by atoms with E-state index in [0.717, 1.165) is 5.56 Å². The van der Waals surface area contributed by atoms with Crippen molar-refractivity contribution in [3.8, 4) is 17.2 Å². The number of para-hydroxylation sites is 1. The van der Waals surface area contributed by atoms with Crippen LogP contribution in [0.15, 0.2) is 65.6 Å². The van der Waals surface area contributed by atoms with E-state index in [0.29, 0.717) is 33.5 Å². The number of hydrogen-bond donors (Lipinski definition) is 0. The zero-order valence-corrected chi connectivity index (χ0v) is 20.2. The van der Waals surface area contributed by atoms with Crippen LogP contribution in [0.25, 0.3) is 0 Å². The molecule has 0 bridgehead atoms. The Morgan fingerprint density at radius 1 is 0.844 bits per heavy atom. The van der Waals surface area contributed by atoms with Gasteiger partial charge in [-0.2, -0.15) is 0 Å². The van der Waals surface area contributed by atoms with Crippen molar-refractivity contribution in [2.75, 3.05) is 25.6 Å². The van der Waals surface area contributed by atoms with Gasteiger partial charge in [0.25, 0.3) is 10.0 Å². The maximum absolute atomic E-state index is 13.9. The fourth-order valence-corrected chi connectivity index (χ4v) is 5.42. The topological polar surface area (TPSA) is 65.1 Å². The van der Waals surface area contributed by atoms with Gasteiger partial charge < -0.3 is 14.2 Å². The molecule has 0 aliphatic carbocycles. The summed E-state index contributed by atoms with van der Waals surface area (Å²) in [6.07, 6.45) is 0. The fraction of sp³-hybridized carbons (Fsp3) is 0.250. The van der Waals surface area contributed by atoms with E-state index in [4.69, 9.17) is 25.8 Å². The molecule has 170 valence electrons. The highest BCUT2D eigenvalue weighted by Crippen LogP contribution is 2.40. The Kier molecular flexibility index (Phi) is 7.21. The molecule has 0 saturated heterocycles. The highest BCUT2D eigenvalue weighted by Gasteiger charge is 2.32. The molecule has 8 heteroatoms. The standard InChI is InChI=1S/C24H26ClNO5S/c1-16-10-12-19(15-21(16)25)32(27,28)26(17(2)20-8-6-7-9-22(20)29-3)18-11-13-23(30-4)24(14-18)31-5/h6-15,17H,1-5H3. The van der Waals surface area contributed by atoms with E-state index < -0.39 is 16.1 Å². The van der Waals surface area contributed by atoms with Crippen molar-refractivity contribution in [3.05, 3.63) is 76.8 Å². The van der Waals surface area contributed by atoms with E-state index in [1.165, 1.54) is 24.6 Å². The van der Waals surface area contributed by atoms with Crippen LogP contribution in [-0.4, -0.2) is 29.7 Å². The summed E-state index contributed by atoms with van der Waals surface area (Å²) in [5, 5.41) is 0.378. The van der Waals surface area contributed by atoms with E-state index in [9.17, 15) is 8.42 Å². The summed E-state index contributed by atoms with van der Waals surface area (Å²) in [7, 11) is 0.572. The molecule has 0 radical (unpaired) electrons. The van der Waals surface area contributed by atoms with Crippen LogP contribution in [0.4, 0.5) is 5.69 Å². The molecule has 0 aliphatic rings. The summed E-state index contributed by atoms with van der Waals surface area (Å²) in [6.45, 7) is 3.63. The second-order valence-corrected chi connectivity index (χ2v) is 9.39. The van der Waals surface area contributed by atoms with Crippen molar-refractivity contribution in [1.29, 1.82) is 0 Å². The lowest BCUT2D eigenvalue weighted by atomic mass is 10.1. The highest BCUT2D eigenvalue weighted by molar-refractivity contribution is 7.92. The number of rotatable bonds is 8. The van der Waals surface area contributed by atoms with Crippen molar-refractivity contribution >= 4 is 27.3 Å². The quantitative estimate of drug-likeness (QED) is 0.422. The third-order valence-electron chi connectivity index (χ3n) is 5.26. The molecule has 0 amide bonds. The Hall–Kier alpha value is -2.90. The molecule has 0 heterocycles. The fourth-order valence-electron chi connectivity index (χ4n) is 3.52. The predicted molar refractivity (Wildman–Crippen MR) is 127 cm³/mol. The SMILES string of the molecule is COc1ccc(N(C(C)c2ccccc2OC)S(=O)(=O)c2ccc(C)c(Cl)c2)cc1OC. The Morgan fingerprint density at radius 2 is 1.50 bits per heavy atom. The number of halogens is 1. The number of methoxy groups -OCH3 is 3. The maximum atomic E-state index is 13.9. The second kappa shape index (κ2) is 9.71. The number of benzene rings is 3. The molecule has 1 unspecified atom stereocenters. The lowest BCUT2D eigenvalue weighted by Gasteiger charge is -2.32. The van der Waals surface area contributed by atoms with Crippen LogP contribution in [0.2, 0.25) is 5.02 Å². The largest absolute Gasteiger partial charge is 0.496 e. The van der Waals surface area contributed by atoms with E-state index in [2.05, 4.69) is 0 Å². The summed E-state index contributed by atoms with van der Waals surface area (Å²) in [4.78, 5) is 0.0876. The van der Waals surface area contributed by atoms with E-state index in [1.807, 2.05) is 32.0 Å². The zero-order chi connectivity index (χ0) is 23.5. The van der Waals surface area contributed by atoms with Crippen molar-refractivity contribution in [2.45, 2.75) is 24.8 Å². The van der Waals surface area contributed by atoms with Crippen LogP contribution in [0.3, 0.4) is 0 Å². The van der Waals surface area contributed by atoms with Gasteiger partial charge in [0.15, 0.2) is 11.5 Å². The van der Waals surface area contributed by atoms with Gasteiger partial charge in [-0.1, -0.05) is 35.9 Å². The maximum Gasteiger partial charge on any atom is 0.264 e. The monoisotopic (exact) mass is 475 g/mol. The van der Waals surface area contributed by atoms with Gasteiger partial charge in [-0.25, -0.2) is 8.42 Å². The smallest absolute Gasteiger partial charge is 0.264 e. The molecular formula is C24H26ClNO5S. The van der Waals surface area contributed by atoms with Crippen molar-refractivity contribution in [1.82, 2.24) is 0 Å². The molecule has 0 N–H and O–H groups in total. The molecule has 1 atom stereocenters. The average molecular weight is 476 g/mol. The van der Waals surface area contributed by atoms with Gasteiger partial charge in [-0.05, 0) is 49.7 Å². The highest BCUT2D eigenvalue weighted by atomic mass is 35.5. The third-order valence-corrected chi connectivity index (χ3v) is 7.56. The van der Waals surface area contributed by atoms with Gasteiger partial charge in [-0.3, -0.25) is 4.31 Å². The predicted octanol–water partition coefficient (Wildman–Crippen LogP) is 5.63. The second-order valence-electron chi connectivity index (χ2n) is 7.17. The van der Waals surface area contributed by atoms with Crippen molar-refractivity contribution in [2.24, 2.45) is 0 Å². The van der Waals surface area contributed by atoms with Crippen LogP contribution >= 0.6 is 11.6 Å². The van der Waals surface area contributed by atoms with E-state index in [-0.39, 0.29) is 4.90 Å². The summed E-state index contributed by atoms with van der Waals surface area (Å²) in [6, 6.07) is 16.4. The molecule has 0 saturated carbocycles. The summed E-state index contributed by atoms with van der Waals surface area (Å²) in [5.41, 5.74) is 1.92. The number of ether oxygens (including phenoxy) is 3. The van der Waals surface area contributed by atoms with Crippen LogP contribution in [0, 0.1) is 6.92 Å². The normalized spacial score (nSPS) is 12.2. The molecule has 32 heavy (non-hydrogen) atoms. The molecule has 3 aromatic rings. The van der Waals surface area contributed by atoms with Crippen molar-refractivity contribution < 1.29 is 22.6 Å². The van der Waals surface area contributed by atoms with E-state index in [1.54, 1.807) is 43.5 Å². The molecule has 3 aromatic carbocycles. The summed E-state index contributed by atoms with van der Waals surface area (Å²) < 4.78 is 45.4. The molecule has 0 aromatic heterocycles. The first kappa shape index (κ1) is 23.8. The zero-order valence-electron chi connectivity index (χ0n) is 18.6. The Balaban J connectivity index is 2.25. The van der Waals surface area contributed by atoms with Crippen LogP contribution in [-0.2, 0) is 10.0 Å². The van der Waals surface area contributed by atoms with Gasteiger partial charge in [0.05, 0.1) is 38.0 Å². The minimum atomic E-state index is -4.01. The Labute approximate surface area is 194 Å². The van der Waals surface area contributed by atoms with Gasteiger partial charge in [0.1, 0.15) is 5.75 Å². The Morgan fingerprint density at radius 3 is 2.12 bits per heavy atom. The number of anilines is 1. The number of aryl methyl sites for hydroxylation is 1. The minimum absolute atomic E-state index is 0.0876. The minimum Gasteiger partial charge on any atom is -0.496 e. The van der Waals surface area contributed by atoms with Crippen LogP contribution in [0.5, 0.6) is 17.2 Å². The molecule has 0 spiro atoms. The third kappa shape index (κ3) is 4.49. The number of hydrogen-bond acceptors (Lipinski definition) is 5. The van der Waals surface area contributed by atoms with Crippen LogP contribution in [0.1, 0.15) is 24.1 Å². The lowest BCUT2D eigenvalue weighted by Crippen LogP contribution is -2.34. The first-order valence-corrected chi connectivity index (χ1v) is 11.7. The van der Waals surface area contributed by atoms with Gasteiger partial charge in [-0.15, -0.1) is 0 Å². The first-order valence-electron chi connectivity index (χ1n) is 9.90. The molecular weight excluding hydrogens is 450 g/mol. The summed E-state index contributed by atoms with van der Waals surface area (Å²) in [5.74, 6) is 1.50. The van der Waals surface area contributed by atoms with Gasteiger partial charge >= 0.3 is 0 Å². The molecule has 3 rings (SSSR count). The average Bonchev–Trinajstić information content (AvgIpc) is 2.80. The van der Waals surface area contributed by atoms with E-state index >= 15 is 0 Å². The van der Waals surface area contributed by atoms with Crippen LogP contribution < -0.4 is 18.5 Å². The first-order chi connectivity index (χ1) is 15.2. The molecule has 6 nitrogen and oxygen atoms in total. The van der Waals surface area contributed by atoms with Gasteiger partial charge in [0.2, 0.25) is 0 Å². The molecule has 0 aliphatic heterocycles. The van der Waals surface area contributed by atoms with Gasteiger partial charge in [0, 0.05) is 16.7 Å². The number of sulfonamides is 1. The summed E-state index contributed by atoms with van der Waals surface area (Å²) >= 11 is 6.26. The molecule has 0 fully saturated rings. The lowest BCUT2D eigenvalue weighted by molar-refractivity contribution is 0.355. The number of nitrogens with zero attached hydrogens (tertiary/aromatic N) is 1. The van der Waals surface area contributed by atoms with Crippen molar-refractivity contribution in [3.63, 3.8) is 0 Å².